The average Bonchev–Trinajstić information content (AvgIpc) is 2.94. The van der Waals surface area contributed by atoms with Gasteiger partial charge in [-0.15, -0.1) is 11.3 Å². The minimum Gasteiger partial charge on any atom is -0.465 e. The number of carbonyl (C=O) groups is 2. The van der Waals surface area contributed by atoms with Crippen LogP contribution < -0.4 is 5.56 Å². The highest BCUT2D eigenvalue weighted by molar-refractivity contribution is 7.15. The number of hydrogen-bond acceptors (Lipinski definition) is 6. The molecule has 0 bridgehead atoms. The predicted octanol–water partition coefficient (Wildman–Crippen LogP) is 0.781. The fourth-order valence-corrected chi connectivity index (χ4v) is 2.51. The second-order valence-corrected chi connectivity index (χ2v) is 5.03. The van der Waals surface area contributed by atoms with Crippen molar-refractivity contribution in [3.63, 3.8) is 0 Å². The molecule has 0 atom stereocenters. The van der Waals surface area contributed by atoms with Crippen LogP contribution in [0.15, 0.2) is 22.6 Å². The SMILES string of the molecule is CCOC(=O)CN(CC)C(=O)c1cnc2sccn2c1=O. The first-order valence-electron chi connectivity index (χ1n) is 6.48. The second-order valence-electron chi connectivity index (χ2n) is 4.16. The lowest BCUT2D eigenvalue weighted by atomic mass is 10.3. The quantitative estimate of drug-likeness (QED) is 0.762. The molecule has 0 radical (unpaired) electrons. The third-order valence-electron chi connectivity index (χ3n) is 2.87. The molecule has 0 aliphatic rings. The van der Waals surface area contributed by atoms with Crippen LogP contribution >= 0.6 is 11.3 Å². The van der Waals surface area contributed by atoms with Gasteiger partial charge >= 0.3 is 5.97 Å². The summed E-state index contributed by atoms with van der Waals surface area (Å²) in [5, 5.41) is 1.72. The van der Waals surface area contributed by atoms with E-state index in [1.54, 1.807) is 25.4 Å². The Morgan fingerprint density at radius 1 is 1.43 bits per heavy atom. The van der Waals surface area contributed by atoms with Gasteiger partial charge in [0.25, 0.3) is 11.5 Å². The van der Waals surface area contributed by atoms with Gasteiger partial charge in [-0.1, -0.05) is 0 Å². The average molecular weight is 309 g/mol. The number of thiazole rings is 1. The van der Waals surface area contributed by atoms with E-state index in [9.17, 15) is 14.4 Å². The molecule has 0 saturated carbocycles. The van der Waals surface area contributed by atoms with Crippen molar-refractivity contribution in [2.75, 3.05) is 19.7 Å². The van der Waals surface area contributed by atoms with E-state index in [1.165, 1.54) is 26.8 Å². The Morgan fingerprint density at radius 3 is 2.86 bits per heavy atom. The van der Waals surface area contributed by atoms with Gasteiger partial charge in [0.05, 0.1) is 6.61 Å². The Morgan fingerprint density at radius 2 is 2.19 bits per heavy atom. The molecule has 0 unspecified atom stereocenters. The van der Waals surface area contributed by atoms with Crippen LogP contribution in [0.4, 0.5) is 0 Å². The molecule has 0 spiro atoms. The normalized spacial score (nSPS) is 10.6. The largest absolute Gasteiger partial charge is 0.465 e. The summed E-state index contributed by atoms with van der Waals surface area (Å²) in [5.41, 5.74) is -0.495. The lowest BCUT2D eigenvalue weighted by molar-refractivity contribution is -0.143. The number of aromatic nitrogens is 2. The molecule has 0 N–H and O–H groups in total. The highest BCUT2D eigenvalue weighted by Crippen LogP contribution is 2.07. The maximum atomic E-state index is 12.4. The van der Waals surface area contributed by atoms with Gasteiger partial charge in [-0.3, -0.25) is 18.8 Å². The summed E-state index contributed by atoms with van der Waals surface area (Å²) in [6.45, 7) is 3.77. The van der Waals surface area contributed by atoms with E-state index in [2.05, 4.69) is 4.98 Å². The van der Waals surface area contributed by atoms with Crippen LogP contribution in [0.25, 0.3) is 4.96 Å². The molecule has 8 heteroatoms. The van der Waals surface area contributed by atoms with Crippen molar-refractivity contribution in [2.45, 2.75) is 13.8 Å². The molecule has 2 heterocycles. The zero-order chi connectivity index (χ0) is 15.4. The van der Waals surface area contributed by atoms with Crippen molar-refractivity contribution < 1.29 is 14.3 Å². The molecule has 7 nitrogen and oxygen atoms in total. The molecule has 2 aromatic rings. The Balaban J connectivity index is 2.29. The van der Waals surface area contributed by atoms with E-state index >= 15 is 0 Å². The van der Waals surface area contributed by atoms with E-state index < -0.39 is 17.4 Å². The molecule has 0 aliphatic carbocycles. The van der Waals surface area contributed by atoms with Gasteiger partial charge in [0, 0.05) is 24.3 Å². The number of esters is 1. The first kappa shape index (κ1) is 15.2. The summed E-state index contributed by atoms with van der Waals surface area (Å²) in [6.07, 6.45) is 2.82. The van der Waals surface area contributed by atoms with E-state index in [-0.39, 0.29) is 18.7 Å². The molecule has 1 amide bonds. The summed E-state index contributed by atoms with van der Waals surface area (Å²) >= 11 is 1.31. The van der Waals surface area contributed by atoms with Crippen LogP contribution in [0.3, 0.4) is 0 Å². The summed E-state index contributed by atoms with van der Waals surface area (Å²) < 4.78 is 6.13. The Bertz CT molecular complexity index is 722. The molecule has 21 heavy (non-hydrogen) atoms. The number of hydrogen-bond donors (Lipinski definition) is 0. The Hall–Kier alpha value is -2.22. The van der Waals surface area contributed by atoms with Crippen molar-refractivity contribution in [2.24, 2.45) is 0 Å². The molecule has 0 aliphatic heterocycles. The first-order chi connectivity index (χ1) is 10.1. The van der Waals surface area contributed by atoms with E-state index in [4.69, 9.17) is 4.74 Å². The van der Waals surface area contributed by atoms with E-state index in [0.29, 0.717) is 11.5 Å². The fourth-order valence-electron chi connectivity index (χ4n) is 1.83. The van der Waals surface area contributed by atoms with Gasteiger partial charge in [0.2, 0.25) is 0 Å². The minimum atomic E-state index is -0.524. The monoisotopic (exact) mass is 309 g/mol. The molecule has 0 fully saturated rings. The van der Waals surface area contributed by atoms with Gasteiger partial charge in [-0.2, -0.15) is 0 Å². The number of likely N-dealkylation sites (N-methyl/N-ethyl adjacent to an activating group) is 1. The van der Waals surface area contributed by atoms with Crippen LogP contribution in [0.1, 0.15) is 24.2 Å². The molecular formula is C13H15N3O4S. The third kappa shape index (κ3) is 3.10. The van der Waals surface area contributed by atoms with Crippen molar-refractivity contribution in [3.8, 4) is 0 Å². The number of ether oxygens (including phenoxy) is 1. The third-order valence-corrected chi connectivity index (χ3v) is 3.64. The number of fused-ring (bicyclic) bond motifs is 1. The predicted molar refractivity (Wildman–Crippen MR) is 77.5 cm³/mol. The van der Waals surface area contributed by atoms with Crippen LogP contribution in [-0.4, -0.2) is 45.9 Å². The zero-order valence-corrected chi connectivity index (χ0v) is 12.6. The first-order valence-corrected chi connectivity index (χ1v) is 7.36. The summed E-state index contributed by atoms with van der Waals surface area (Å²) in [4.78, 5) is 41.9. The molecule has 112 valence electrons. The summed E-state index contributed by atoms with van der Waals surface area (Å²) in [7, 11) is 0. The maximum Gasteiger partial charge on any atom is 0.325 e. The number of nitrogens with zero attached hydrogens (tertiary/aromatic N) is 3. The van der Waals surface area contributed by atoms with Crippen molar-refractivity contribution >= 4 is 28.2 Å². The topological polar surface area (TPSA) is 81.0 Å². The smallest absolute Gasteiger partial charge is 0.325 e. The second kappa shape index (κ2) is 6.49. The zero-order valence-electron chi connectivity index (χ0n) is 11.7. The van der Waals surface area contributed by atoms with E-state index in [0.717, 1.165) is 0 Å². The van der Waals surface area contributed by atoms with Gasteiger partial charge in [-0.05, 0) is 13.8 Å². The molecule has 0 saturated heterocycles. The minimum absolute atomic E-state index is 0.0583. The van der Waals surface area contributed by atoms with Crippen LogP contribution in [0, 0.1) is 0 Å². The van der Waals surface area contributed by atoms with Crippen LogP contribution in [0.2, 0.25) is 0 Å². The number of amides is 1. The lowest BCUT2D eigenvalue weighted by Gasteiger charge is -2.19. The molecule has 2 aromatic heterocycles. The van der Waals surface area contributed by atoms with Crippen molar-refractivity contribution in [1.29, 1.82) is 0 Å². The van der Waals surface area contributed by atoms with Gasteiger partial charge < -0.3 is 9.64 Å². The highest BCUT2D eigenvalue weighted by atomic mass is 32.1. The fraction of sp³-hybridized carbons (Fsp3) is 0.385. The number of carbonyl (C=O) groups excluding carboxylic acids is 2. The molecular weight excluding hydrogens is 294 g/mol. The van der Waals surface area contributed by atoms with Gasteiger partial charge in [-0.25, -0.2) is 4.98 Å². The number of rotatable bonds is 5. The summed E-state index contributed by atoms with van der Waals surface area (Å²) in [5.74, 6) is -1.03. The Kier molecular flexibility index (Phi) is 4.69. The van der Waals surface area contributed by atoms with Crippen LogP contribution in [0.5, 0.6) is 0 Å². The Labute approximate surface area is 124 Å². The standard InChI is InChI=1S/C13H15N3O4S/c1-3-15(8-10(17)20-4-2)11(18)9-7-14-13-16(12(9)19)5-6-21-13/h5-7H,3-4,8H2,1-2H3. The van der Waals surface area contributed by atoms with Crippen LogP contribution in [-0.2, 0) is 9.53 Å². The molecule has 2 rings (SSSR count). The molecule has 0 aromatic carbocycles. The summed E-state index contributed by atoms with van der Waals surface area (Å²) in [6, 6.07) is 0. The van der Waals surface area contributed by atoms with Crippen molar-refractivity contribution in [1.82, 2.24) is 14.3 Å². The van der Waals surface area contributed by atoms with Gasteiger partial charge in [0.15, 0.2) is 4.96 Å². The lowest BCUT2D eigenvalue weighted by Crippen LogP contribution is -2.39. The van der Waals surface area contributed by atoms with Crippen molar-refractivity contribution in [3.05, 3.63) is 33.7 Å². The maximum absolute atomic E-state index is 12.4. The van der Waals surface area contributed by atoms with E-state index in [1.807, 2.05) is 0 Å². The highest BCUT2D eigenvalue weighted by Gasteiger charge is 2.21. The van der Waals surface area contributed by atoms with Gasteiger partial charge in [0.1, 0.15) is 12.1 Å².